The van der Waals surface area contributed by atoms with Crippen LogP contribution in [-0.2, 0) is 0 Å². The van der Waals surface area contributed by atoms with Crippen molar-refractivity contribution < 1.29 is 13.9 Å². The monoisotopic (exact) mass is 287 g/mol. The zero-order valence-electron chi connectivity index (χ0n) is 11.1. The molecule has 3 rings (SSSR count). The number of aryl methyl sites for hydroxylation is 1. The fraction of sp³-hybridized carbons (Fsp3) is 0.0667. The maximum atomic E-state index is 13.6. The fourth-order valence-corrected chi connectivity index (χ4v) is 2.07. The van der Waals surface area contributed by atoms with Gasteiger partial charge in [0.15, 0.2) is 5.69 Å². The van der Waals surface area contributed by atoms with E-state index in [1.54, 1.807) is 12.1 Å². The number of aromatic nitrogens is 1. The number of nitrogens with zero attached hydrogens (tertiary/aromatic N) is 2. The summed E-state index contributed by atoms with van der Waals surface area (Å²) in [5.74, 6) is -1.89. The van der Waals surface area contributed by atoms with Crippen LogP contribution in [0.3, 0.4) is 0 Å². The maximum Gasteiger partial charge on any atom is 0.218 e. The molecule has 4 nitrogen and oxygen atoms in total. The molecule has 0 saturated heterocycles. The number of aromatic hydroxyl groups is 1. The number of hydrogen-bond donors (Lipinski definition) is 2. The third kappa shape index (κ3) is 2.35. The molecule has 1 aromatic heterocycles. The van der Waals surface area contributed by atoms with E-state index in [-0.39, 0.29) is 22.5 Å². The third-order valence-electron chi connectivity index (χ3n) is 3.15. The zero-order valence-corrected chi connectivity index (χ0v) is 11.1. The van der Waals surface area contributed by atoms with Crippen LogP contribution in [0, 0.1) is 18.6 Å². The van der Waals surface area contributed by atoms with Crippen LogP contribution in [0.25, 0.3) is 10.9 Å². The van der Waals surface area contributed by atoms with Gasteiger partial charge in [-0.1, -0.05) is 18.2 Å². The minimum Gasteiger partial charge on any atom is -0.493 e. The van der Waals surface area contributed by atoms with Crippen molar-refractivity contribution >= 4 is 22.3 Å². The lowest BCUT2D eigenvalue weighted by molar-refractivity contribution is 0.459. The van der Waals surface area contributed by atoms with Gasteiger partial charge in [0.25, 0.3) is 0 Å². The first-order chi connectivity index (χ1) is 10.1. The van der Waals surface area contributed by atoms with E-state index in [0.717, 1.165) is 17.7 Å². The molecular weight excluding hydrogens is 276 g/mol. The Kier molecular flexibility index (Phi) is 3.13. The molecule has 0 aliphatic rings. The van der Waals surface area contributed by atoms with Gasteiger partial charge in [-0.25, -0.2) is 8.78 Å². The minimum atomic E-state index is -0.794. The van der Waals surface area contributed by atoms with Gasteiger partial charge in [-0.15, -0.1) is 5.11 Å². The number of rotatable bonds is 2. The Morgan fingerprint density at radius 2 is 1.86 bits per heavy atom. The van der Waals surface area contributed by atoms with Gasteiger partial charge < -0.3 is 10.1 Å². The normalized spacial score (nSPS) is 11.6. The molecule has 0 unspecified atom stereocenters. The lowest BCUT2D eigenvalue weighted by Gasteiger charge is -1.97. The van der Waals surface area contributed by atoms with Crippen molar-refractivity contribution in [2.24, 2.45) is 10.2 Å². The van der Waals surface area contributed by atoms with Crippen molar-refractivity contribution in [2.45, 2.75) is 6.92 Å². The van der Waals surface area contributed by atoms with E-state index in [1.807, 2.05) is 19.1 Å². The number of halogens is 2. The Labute approximate surface area is 118 Å². The van der Waals surface area contributed by atoms with Crippen molar-refractivity contribution in [1.29, 1.82) is 0 Å². The van der Waals surface area contributed by atoms with E-state index in [0.29, 0.717) is 5.69 Å². The van der Waals surface area contributed by atoms with Gasteiger partial charge in [0.1, 0.15) is 11.6 Å². The number of benzene rings is 2. The predicted molar refractivity (Wildman–Crippen MR) is 75.2 cm³/mol. The lowest BCUT2D eigenvalue weighted by atomic mass is 10.2. The molecule has 6 heteroatoms. The van der Waals surface area contributed by atoms with Crippen LogP contribution in [0.1, 0.15) is 5.56 Å². The van der Waals surface area contributed by atoms with Crippen LogP contribution in [0.5, 0.6) is 5.88 Å². The Hall–Kier alpha value is -2.76. The molecule has 21 heavy (non-hydrogen) atoms. The molecule has 0 spiro atoms. The van der Waals surface area contributed by atoms with Crippen molar-refractivity contribution in [1.82, 2.24) is 4.98 Å². The molecule has 0 aliphatic heterocycles. The van der Waals surface area contributed by atoms with Crippen molar-refractivity contribution in [2.75, 3.05) is 0 Å². The van der Waals surface area contributed by atoms with Gasteiger partial charge >= 0.3 is 0 Å². The first kappa shape index (κ1) is 13.2. The molecule has 0 amide bonds. The Balaban J connectivity index is 2.13. The van der Waals surface area contributed by atoms with Crippen molar-refractivity contribution in [3.05, 3.63) is 53.6 Å². The van der Waals surface area contributed by atoms with E-state index < -0.39 is 11.6 Å². The highest BCUT2D eigenvalue weighted by molar-refractivity contribution is 5.94. The summed E-state index contributed by atoms with van der Waals surface area (Å²) in [6, 6.07) is 9.12. The van der Waals surface area contributed by atoms with Crippen LogP contribution in [0.2, 0.25) is 0 Å². The molecule has 2 N–H and O–H groups in total. The first-order valence-electron chi connectivity index (χ1n) is 6.23. The number of H-pyrrole nitrogens is 1. The quantitative estimate of drug-likeness (QED) is 0.648. The Bertz CT molecular complexity index is 855. The van der Waals surface area contributed by atoms with Crippen LogP contribution in [0.15, 0.2) is 46.6 Å². The predicted octanol–water partition coefficient (Wildman–Crippen LogP) is 4.88. The molecule has 2 aromatic carbocycles. The summed E-state index contributed by atoms with van der Waals surface area (Å²) in [5.41, 5.74) is 1.51. The molecule has 0 aliphatic carbocycles. The Morgan fingerprint density at radius 1 is 1.10 bits per heavy atom. The van der Waals surface area contributed by atoms with E-state index in [4.69, 9.17) is 0 Å². The second-order valence-electron chi connectivity index (χ2n) is 4.62. The van der Waals surface area contributed by atoms with Gasteiger partial charge in [0.05, 0.1) is 11.2 Å². The molecule has 0 atom stereocenters. The lowest BCUT2D eigenvalue weighted by Crippen LogP contribution is -1.80. The van der Waals surface area contributed by atoms with Crippen LogP contribution >= 0.6 is 0 Å². The second-order valence-corrected chi connectivity index (χ2v) is 4.62. The molecular formula is C15H11F2N3O. The SMILES string of the molecule is Cc1ccccc1N=Nc1c(O)[nH]c2c(F)cc(F)cc12. The van der Waals surface area contributed by atoms with E-state index >= 15 is 0 Å². The summed E-state index contributed by atoms with van der Waals surface area (Å²) in [6.07, 6.45) is 0. The van der Waals surface area contributed by atoms with Crippen molar-refractivity contribution in [3.63, 3.8) is 0 Å². The van der Waals surface area contributed by atoms with Crippen LogP contribution < -0.4 is 0 Å². The molecule has 0 bridgehead atoms. The average Bonchev–Trinajstić information content (AvgIpc) is 2.75. The summed E-state index contributed by atoms with van der Waals surface area (Å²) >= 11 is 0. The molecule has 106 valence electrons. The van der Waals surface area contributed by atoms with E-state index in [2.05, 4.69) is 15.2 Å². The second kappa shape index (κ2) is 4.97. The highest BCUT2D eigenvalue weighted by Gasteiger charge is 2.15. The summed E-state index contributed by atoms with van der Waals surface area (Å²) < 4.78 is 26.9. The topological polar surface area (TPSA) is 60.7 Å². The highest BCUT2D eigenvalue weighted by atomic mass is 19.1. The number of azo groups is 1. The average molecular weight is 287 g/mol. The molecule has 0 saturated carbocycles. The first-order valence-corrected chi connectivity index (χ1v) is 6.23. The molecule has 1 heterocycles. The van der Waals surface area contributed by atoms with Crippen molar-refractivity contribution in [3.8, 4) is 5.88 Å². The number of nitrogens with one attached hydrogen (secondary N) is 1. The highest BCUT2D eigenvalue weighted by Crippen LogP contribution is 2.37. The summed E-state index contributed by atoms with van der Waals surface area (Å²) in [7, 11) is 0. The smallest absolute Gasteiger partial charge is 0.218 e. The number of hydrogen-bond acceptors (Lipinski definition) is 3. The van der Waals surface area contributed by atoms with Gasteiger partial charge in [-0.3, -0.25) is 0 Å². The standard InChI is InChI=1S/C15H11F2N3O/c1-8-4-2-3-5-12(8)19-20-14-10-6-9(16)7-11(17)13(10)18-15(14)21/h2-7,18,21H,1H3. The van der Waals surface area contributed by atoms with Gasteiger partial charge in [0.2, 0.25) is 5.88 Å². The third-order valence-corrected chi connectivity index (χ3v) is 3.15. The summed E-state index contributed by atoms with van der Waals surface area (Å²) in [6.45, 7) is 1.86. The molecule has 3 aromatic rings. The maximum absolute atomic E-state index is 13.6. The van der Waals surface area contributed by atoms with Crippen LogP contribution in [-0.4, -0.2) is 10.1 Å². The van der Waals surface area contributed by atoms with Gasteiger partial charge in [-0.2, -0.15) is 5.11 Å². The Morgan fingerprint density at radius 3 is 2.62 bits per heavy atom. The van der Waals surface area contributed by atoms with Gasteiger partial charge in [-0.05, 0) is 24.6 Å². The minimum absolute atomic E-state index is 0.00616. The largest absolute Gasteiger partial charge is 0.493 e. The number of aromatic amines is 1. The van der Waals surface area contributed by atoms with E-state index in [9.17, 15) is 13.9 Å². The zero-order chi connectivity index (χ0) is 15.0. The van der Waals surface area contributed by atoms with Gasteiger partial charge in [0, 0.05) is 11.5 Å². The van der Waals surface area contributed by atoms with E-state index in [1.165, 1.54) is 0 Å². The summed E-state index contributed by atoms with van der Waals surface area (Å²) in [5, 5.41) is 17.9. The summed E-state index contributed by atoms with van der Waals surface area (Å²) in [4.78, 5) is 2.43. The fourth-order valence-electron chi connectivity index (χ4n) is 2.07. The molecule has 0 fully saturated rings. The van der Waals surface area contributed by atoms with Crippen LogP contribution in [0.4, 0.5) is 20.2 Å². The molecule has 0 radical (unpaired) electrons. The number of fused-ring (bicyclic) bond motifs is 1.